The van der Waals surface area contributed by atoms with Crippen molar-refractivity contribution in [2.24, 2.45) is 5.92 Å². The molecule has 4 nitrogen and oxygen atoms in total. The number of hydrogen-bond donors (Lipinski definition) is 1. The van der Waals surface area contributed by atoms with Crippen LogP contribution in [0, 0.1) is 42.9 Å². The van der Waals surface area contributed by atoms with Gasteiger partial charge in [-0.25, -0.2) is 4.98 Å². The molecule has 0 spiro atoms. The minimum Gasteiger partial charge on any atom is -0.511 e. The summed E-state index contributed by atoms with van der Waals surface area (Å²) in [6, 6.07) is 11.1. The number of carbonyl (C=O) groups excluding carboxylic acids is 1. The fourth-order valence-electron chi connectivity index (χ4n) is 3.69. The molecule has 1 atom stereocenters. The smallest absolute Gasteiger partial charge is 0.167 e. The van der Waals surface area contributed by atoms with Crippen LogP contribution in [0.15, 0.2) is 36.1 Å². The molecule has 1 aromatic heterocycles. The molecule has 1 N–H and O–H groups in total. The molecule has 0 amide bonds. The first-order valence-electron chi connectivity index (χ1n) is 8.81. The lowest BCUT2D eigenvalue weighted by Gasteiger charge is -2.13. The summed E-state index contributed by atoms with van der Waals surface area (Å²) in [4.78, 5) is 17.0. The van der Waals surface area contributed by atoms with Crippen molar-refractivity contribution in [2.45, 2.75) is 33.6 Å². The van der Waals surface area contributed by atoms with Crippen molar-refractivity contribution in [3.63, 3.8) is 0 Å². The van der Waals surface area contributed by atoms with Crippen molar-refractivity contribution >= 4 is 11.4 Å². The summed E-state index contributed by atoms with van der Waals surface area (Å²) < 4.78 is 0. The largest absolute Gasteiger partial charge is 0.511 e. The van der Waals surface area contributed by atoms with Crippen molar-refractivity contribution in [3.05, 3.63) is 69.7 Å². The number of rotatable bonds is 3. The average molecular weight is 356 g/mol. The summed E-state index contributed by atoms with van der Waals surface area (Å²) in [6.45, 7) is 5.65. The molecule has 27 heavy (non-hydrogen) atoms. The van der Waals surface area contributed by atoms with Gasteiger partial charge in [-0.05, 0) is 61.7 Å². The number of aliphatic hydroxyl groups excluding tert-OH is 1. The SMILES string of the molecule is CC#Cc1cc(C)c(C2=C(O)C(Cc3cccc(C#N)n3)CC2=O)c(C)c1. The Morgan fingerprint density at radius 1 is 1.26 bits per heavy atom. The van der Waals surface area contributed by atoms with Gasteiger partial charge in [-0.15, -0.1) is 5.92 Å². The Bertz CT molecular complexity index is 1040. The number of nitriles is 1. The third kappa shape index (κ3) is 3.61. The molecule has 1 heterocycles. The zero-order valence-electron chi connectivity index (χ0n) is 15.6. The molecule has 0 saturated heterocycles. The van der Waals surface area contributed by atoms with Crippen LogP contribution in [0.1, 0.15) is 47.0 Å². The van der Waals surface area contributed by atoms with Gasteiger partial charge in [0.05, 0.1) is 5.57 Å². The third-order valence-electron chi connectivity index (χ3n) is 4.78. The van der Waals surface area contributed by atoms with E-state index in [0.29, 0.717) is 23.4 Å². The maximum Gasteiger partial charge on any atom is 0.167 e. The molecule has 1 aromatic carbocycles. The maximum absolute atomic E-state index is 12.7. The fraction of sp³-hybridized carbons (Fsp3) is 0.261. The second-order valence-corrected chi connectivity index (χ2v) is 6.77. The number of aromatic nitrogens is 1. The van der Waals surface area contributed by atoms with E-state index >= 15 is 0 Å². The highest BCUT2D eigenvalue weighted by Crippen LogP contribution is 2.38. The molecular formula is C23H20N2O2. The molecule has 3 rings (SSSR count). The number of nitrogens with zero attached hydrogens (tertiary/aromatic N) is 2. The topological polar surface area (TPSA) is 74.0 Å². The minimum absolute atomic E-state index is 0.0607. The predicted molar refractivity (Wildman–Crippen MR) is 104 cm³/mol. The van der Waals surface area contributed by atoms with Crippen molar-refractivity contribution in [3.8, 4) is 17.9 Å². The highest BCUT2D eigenvalue weighted by Gasteiger charge is 2.34. The fourth-order valence-corrected chi connectivity index (χ4v) is 3.69. The molecule has 0 radical (unpaired) electrons. The predicted octanol–water partition coefficient (Wildman–Crippen LogP) is 4.04. The second-order valence-electron chi connectivity index (χ2n) is 6.77. The first-order valence-corrected chi connectivity index (χ1v) is 8.81. The van der Waals surface area contributed by atoms with Crippen LogP contribution in [0.3, 0.4) is 0 Å². The van der Waals surface area contributed by atoms with Crippen LogP contribution in [0.5, 0.6) is 0 Å². The van der Waals surface area contributed by atoms with Crippen LogP contribution < -0.4 is 0 Å². The van der Waals surface area contributed by atoms with E-state index in [4.69, 9.17) is 5.26 Å². The van der Waals surface area contributed by atoms with E-state index < -0.39 is 0 Å². The lowest BCUT2D eigenvalue weighted by molar-refractivity contribution is -0.113. The van der Waals surface area contributed by atoms with Gasteiger partial charge in [-0.1, -0.05) is 12.0 Å². The Morgan fingerprint density at radius 2 is 1.96 bits per heavy atom. The zero-order chi connectivity index (χ0) is 19.6. The Labute approximate surface area is 159 Å². The molecule has 4 heteroatoms. The monoisotopic (exact) mass is 356 g/mol. The highest BCUT2D eigenvalue weighted by molar-refractivity contribution is 6.24. The zero-order valence-corrected chi connectivity index (χ0v) is 15.6. The first kappa shape index (κ1) is 18.4. The molecule has 1 unspecified atom stereocenters. The molecule has 0 aliphatic heterocycles. The van der Waals surface area contributed by atoms with Crippen molar-refractivity contribution in [1.82, 2.24) is 4.98 Å². The van der Waals surface area contributed by atoms with Crippen LogP contribution in [-0.2, 0) is 11.2 Å². The number of aryl methyl sites for hydroxylation is 2. The number of hydrogen-bond acceptors (Lipinski definition) is 4. The van der Waals surface area contributed by atoms with Gasteiger partial charge in [0.2, 0.25) is 0 Å². The molecule has 134 valence electrons. The van der Waals surface area contributed by atoms with E-state index in [1.165, 1.54) is 0 Å². The number of pyridine rings is 1. The standard InChI is InChI=1S/C23H20N2O2/c1-4-6-16-9-14(2)21(15(3)10-16)22-20(26)12-17(23(22)27)11-18-7-5-8-19(13-24)25-18/h5,7-10,17,27H,11-12H2,1-3H3. The number of allylic oxidation sites excluding steroid dienone is 2. The van der Waals surface area contributed by atoms with Gasteiger partial charge < -0.3 is 5.11 Å². The molecular weight excluding hydrogens is 336 g/mol. The number of Topliss-reactive ketones (excluding diaryl/α,β-unsaturated/α-hetero) is 1. The summed E-state index contributed by atoms with van der Waals surface area (Å²) in [5, 5.41) is 19.8. The summed E-state index contributed by atoms with van der Waals surface area (Å²) in [6.07, 6.45) is 0.670. The molecule has 2 aromatic rings. The van der Waals surface area contributed by atoms with E-state index in [9.17, 15) is 9.90 Å². The van der Waals surface area contributed by atoms with Crippen molar-refractivity contribution < 1.29 is 9.90 Å². The summed E-state index contributed by atoms with van der Waals surface area (Å²) in [5.74, 6) is 5.65. The number of carbonyl (C=O) groups is 1. The normalized spacial score (nSPS) is 16.1. The number of benzene rings is 1. The van der Waals surface area contributed by atoms with E-state index in [-0.39, 0.29) is 23.9 Å². The van der Waals surface area contributed by atoms with E-state index in [2.05, 4.69) is 16.8 Å². The van der Waals surface area contributed by atoms with Gasteiger partial charge in [0.25, 0.3) is 0 Å². The van der Waals surface area contributed by atoms with Gasteiger partial charge in [0.15, 0.2) is 5.78 Å². The van der Waals surface area contributed by atoms with Gasteiger partial charge in [-0.2, -0.15) is 5.26 Å². The van der Waals surface area contributed by atoms with Gasteiger partial charge in [0.1, 0.15) is 17.5 Å². The molecule has 0 bridgehead atoms. The second kappa shape index (κ2) is 7.48. The highest BCUT2D eigenvalue weighted by atomic mass is 16.3. The van der Waals surface area contributed by atoms with Crippen LogP contribution in [0.25, 0.3) is 5.57 Å². The lowest BCUT2D eigenvalue weighted by atomic mass is 9.92. The van der Waals surface area contributed by atoms with Crippen LogP contribution >= 0.6 is 0 Å². The summed E-state index contributed by atoms with van der Waals surface area (Å²) in [5.41, 5.74) is 4.97. The van der Waals surface area contributed by atoms with E-state index in [0.717, 1.165) is 22.3 Å². The minimum atomic E-state index is -0.317. The Kier molecular flexibility index (Phi) is 5.10. The first-order chi connectivity index (χ1) is 12.9. The molecule has 0 saturated carbocycles. The maximum atomic E-state index is 12.7. The Morgan fingerprint density at radius 3 is 2.59 bits per heavy atom. The molecule has 1 aliphatic carbocycles. The average Bonchev–Trinajstić information content (AvgIpc) is 2.89. The molecule has 1 aliphatic rings. The lowest BCUT2D eigenvalue weighted by Crippen LogP contribution is -2.06. The van der Waals surface area contributed by atoms with Gasteiger partial charge in [-0.3, -0.25) is 4.79 Å². The number of ketones is 1. The Balaban J connectivity index is 1.99. The van der Waals surface area contributed by atoms with Crippen molar-refractivity contribution in [2.75, 3.05) is 0 Å². The van der Waals surface area contributed by atoms with Gasteiger partial charge >= 0.3 is 0 Å². The van der Waals surface area contributed by atoms with Crippen molar-refractivity contribution in [1.29, 1.82) is 5.26 Å². The summed E-state index contributed by atoms with van der Waals surface area (Å²) in [7, 11) is 0. The van der Waals surface area contributed by atoms with Crippen LogP contribution in [0.4, 0.5) is 0 Å². The van der Waals surface area contributed by atoms with Crippen LogP contribution in [-0.4, -0.2) is 15.9 Å². The summed E-state index contributed by atoms with van der Waals surface area (Å²) >= 11 is 0. The Hall–Kier alpha value is -3.37. The van der Waals surface area contributed by atoms with Crippen LogP contribution in [0.2, 0.25) is 0 Å². The molecule has 0 fully saturated rings. The van der Waals surface area contributed by atoms with E-state index in [1.54, 1.807) is 19.1 Å². The number of aliphatic hydroxyl groups is 1. The third-order valence-corrected chi connectivity index (χ3v) is 4.78. The van der Waals surface area contributed by atoms with E-state index in [1.807, 2.05) is 38.1 Å². The van der Waals surface area contributed by atoms with Gasteiger partial charge in [0, 0.05) is 30.0 Å². The quantitative estimate of drug-likeness (QED) is 0.842.